The molecule has 0 amide bonds. The molecule has 0 fully saturated rings. The lowest BCUT2D eigenvalue weighted by Crippen LogP contribution is -3.00. The van der Waals surface area contributed by atoms with E-state index < -0.39 is 7.26 Å². The zero-order chi connectivity index (χ0) is 22.4. The lowest BCUT2D eigenvalue weighted by molar-refractivity contribution is -0.00000711. The van der Waals surface area contributed by atoms with E-state index in [4.69, 9.17) is 14.2 Å². The van der Waals surface area contributed by atoms with Crippen molar-refractivity contribution in [2.75, 3.05) is 21.3 Å². The molecule has 4 aromatic carbocycles. The van der Waals surface area contributed by atoms with Crippen LogP contribution in [0.3, 0.4) is 0 Å². The van der Waals surface area contributed by atoms with Crippen LogP contribution >= 0.6 is 7.26 Å². The molecule has 4 rings (SSSR count). The van der Waals surface area contributed by atoms with Gasteiger partial charge in [-0.25, -0.2) is 0 Å². The van der Waals surface area contributed by atoms with Gasteiger partial charge < -0.3 is 26.6 Å². The van der Waals surface area contributed by atoms with Gasteiger partial charge in [-0.05, 0) is 54.1 Å². The summed E-state index contributed by atoms with van der Waals surface area (Å²) in [6, 6.07) is 36.7. The third-order valence-electron chi connectivity index (χ3n) is 5.74. The standard InChI is InChI=1S/C28H28O3P.ClH/c1-29-26-19-22(20-27(30-2)28(26)31-3)21-32(23-13-7-4-8-14-23,24-15-9-5-10-16-24)25-17-11-6-12-18-25;/h4-20H,21H2,1-3H3;1H/q+1;/p-1. The first-order valence-electron chi connectivity index (χ1n) is 10.6. The Kier molecular flexibility index (Phi) is 8.38. The van der Waals surface area contributed by atoms with Gasteiger partial charge in [-0.3, -0.25) is 0 Å². The van der Waals surface area contributed by atoms with Gasteiger partial charge in [0.2, 0.25) is 5.75 Å². The van der Waals surface area contributed by atoms with Crippen LogP contribution in [0.2, 0.25) is 0 Å². The quantitative estimate of drug-likeness (QED) is 0.363. The Bertz CT molecular complexity index is 1030. The van der Waals surface area contributed by atoms with Gasteiger partial charge in [0.1, 0.15) is 23.2 Å². The van der Waals surface area contributed by atoms with Crippen LogP contribution in [0.4, 0.5) is 0 Å². The van der Waals surface area contributed by atoms with E-state index in [0.29, 0.717) is 17.2 Å². The summed E-state index contributed by atoms with van der Waals surface area (Å²) < 4.78 is 16.9. The first-order chi connectivity index (χ1) is 15.7. The molecule has 33 heavy (non-hydrogen) atoms. The molecule has 0 saturated carbocycles. The molecular formula is C28H28ClO3P. The summed E-state index contributed by atoms with van der Waals surface area (Å²) in [4.78, 5) is 0. The molecule has 0 spiro atoms. The summed E-state index contributed by atoms with van der Waals surface area (Å²) in [5.41, 5.74) is 1.14. The summed E-state index contributed by atoms with van der Waals surface area (Å²) in [5, 5.41) is 4.02. The van der Waals surface area contributed by atoms with E-state index in [1.807, 2.05) is 0 Å². The van der Waals surface area contributed by atoms with Crippen LogP contribution < -0.4 is 42.5 Å². The molecule has 0 aromatic heterocycles. The fourth-order valence-electron chi connectivity index (χ4n) is 4.27. The summed E-state index contributed by atoms with van der Waals surface area (Å²) in [7, 11) is 2.95. The third-order valence-corrected chi connectivity index (χ3v) is 10.1. The zero-order valence-corrected chi connectivity index (χ0v) is 20.7. The van der Waals surface area contributed by atoms with Gasteiger partial charge >= 0.3 is 0 Å². The minimum absolute atomic E-state index is 0. The van der Waals surface area contributed by atoms with E-state index in [0.717, 1.165) is 11.7 Å². The van der Waals surface area contributed by atoms with Crippen molar-refractivity contribution in [1.82, 2.24) is 0 Å². The Morgan fingerprint density at radius 3 is 1.21 bits per heavy atom. The maximum atomic E-state index is 5.66. The van der Waals surface area contributed by atoms with Crippen LogP contribution in [0, 0.1) is 0 Å². The second-order valence-corrected chi connectivity index (χ2v) is 11.0. The predicted octanol–water partition coefficient (Wildman–Crippen LogP) is 2.21. The average molecular weight is 479 g/mol. The Hall–Kier alpha value is -3.00. The van der Waals surface area contributed by atoms with E-state index in [2.05, 4.69) is 103 Å². The van der Waals surface area contributed by atoms with Gasteiger partial charge in [-0.2, -0.15) is 0 Å². The molecule has 4 aromatic rings. The lowest BCUT2D eigenvalue weighted by atomic mass is 10.2. The highest BCUT2D eigenvalue weighted by Gasteiger charge is 2.45. The molecule has 0 N–H and O–H groups in total. The second-order valence-electron chi connectivity index (χ2n) is 7.51. The monoisotopic (exact) mass is 478 g/mol. The van der Waals surface area contributed by atoms with Crippen molar-refractivity contribution in [2.24, 2.45) is 0 Å². The number of halogens is 1. The van der Waals surface area contributed by atoms with Crippen molar-refractivity contribution >= 4 is 23.2 Å². The molecule has 0 bridgehead atoms. The fourth-order valence-corrected chi connectivity index (χ4v) is 8.48. The minimum atomic E-state index is -2.01. The number of hydrogen-bond acceptors (Lipinski definition) is 3. The molecule has 0 aliphatic rings. The van der Waals surface area contributed by atoms with Crippen LogP contribution in [0.15, 0.2) is 103 Å². The summed E-state index contributed by atoms with van der Waals surface area (Å²) in [5.74, 6) is 1.96. The molecule has 170 valence electrons. The highest BCUT2D eigenvalue weighted by molar-refractivity contribution is 7.95. The van der Waals surface area contributed by atoms with Gasteiger partial charge in [0.25, 0.3) is 0 Å². The van der Waals surface area contributed by atoms with E-state index >= 15 is 0 Å². The number of methoxy groups -OCH3 is 3. The van der Waals surface area contributed by atoms with Crippen LogP contribution in [0.1, 0.15) is 5.56 Å². The summed E-state index contributed by atoms with van der Waals surface area (Å²) >= 11 is 0. The van der Waals surface area contributed by atoms with Gasteiger partial charge in [0.15, 0.2) is 11.5 Å². The Balaban J connectivity index is 0.00000306. The first-order valence-corrected chi connectivity index (χ1v) is 12.5. The molecule has 3 nitrogen and oxygen atoms in total. The molecule has 0 aliphatic carbocycles. The Morgan fingerprint density at radius 1 is 0.545 bits per heavy atom. The van der Waals surface area contributed by atoms with Gasteiger partial charge in [-0.1, -0.05) is 54.6 Å². The van der Waals surface area contributed by atoms with Crippen LogP contribution in [0.5, 0.6) is 17.2 Å². The van der Waals surface area contributed by atoms with Crippen molar-refractivity contribution in [1.29, 1.82) is 0 Å². The SMILES string of the molecule is COc1cc(C[P+](c2ccccc2)(c2ccccc2)c2ccccc2)cc(OC)c1OC.[Cl-]. The molecular weight excluding hydrogens is 451 g/mol. The number of benzene rings is 4. The Morgan fingerprint density at radius 2 is 0.909 bits per heavy atom. The van der Waals surface area contributed by atoms with E-state index in [9.17, 15) is 0 Å². The van der Waals surface area contributed by atoms with Crippen molar-refractivity contribution in [3.8, 4) is 17.2 Å². The van der Waals surface area contributed by atoms with Crippen LogP contribution in [-0.2, 0) is 6.16 Å². The number of hydrogen-bond donors (Lipinski definition) is 0. The topological polar surface area (TPSA) is 27.7 Å². The molecule has 0 atom stereocenters. The second kappa shape index (κ2) is 11.2. The van der Waals surface area contributed by atoms with Gasteiger partial charge in [-0.15, -0.1) is 0 Å². The Labute approximate surface area is 203 Å². The average Bonchev–Trinajstić information content (AvgIpc) is 2.88. The van der Waals surface area contributed by atoms with Crippen molar-refractivity contribution < 1.29 is 26.6 Å². The van der Waals surface area contributed by atoms with Crippen LogP contribution in [0.25, 0.3) is 0 Å². The maximum Gasteiger partial charge on any atom is 0.203 e. The highest BCUT2D eigenvalue weighted by atomic mass is 35.5. The maximum absolute atomic E-state index is 5.66. The fraction of sp³-hybridized carbons (Fsp3) is 0.143. The summed E-state index contributed by atoms with van der Waals surface area (Å²) in [6.07, 6.45) is 0.835. The van der Waals surface area contributed by atoms with E-state index in [-0.39, 0.29) is 12.4 Å². The molecule has 5 heteroatoms. The largest absolute Gasteiger partial charge is 1.00 e. The molecule has 0 radical (unpaired) electrons. The molecule has 0 heterocycles. The lowest BCUT2D eigenvalue weighted by Gasteiger charge is -2.28. The number of ether oxygens (including phenoxy) is 3. The van der Waals surface area contributed by atoms with Gasteiger partial charge in [0, 0.05) is 0 Å². The normalized spacial score (nSPS) is 10.8. The molecule has 0 aliphatic heterocycles. The molecule has 0 saturated heterocycles. The molecule has 0 unspecified atom stereocenters. The van der Waals surface area contributed by atoms with Crippen molar-refractivity contribution in [2.45, 2.75) is 6.16 Å². The van der Waals surface area contributed by atoms with Gasteiger partial charge in [0.05, 0.1) is 27.5 Å². The zero-order valence-electron chi connectivity index (χ0n) is 19.1. The van der Waals surface area contributed by atoms with E-state index in [1.165, 1.54) is 15.9 Å². The minimum Gasteiger partial charge on any atom is -1.00 e. The number of rotatable bonds is 8. The summed E-state index contributed by atoms with van der Waals surface area (Å²) in [6.45, 7) is 0. The smallest absolute Gasteiger partial charge is 0.203 e. The third kappa shape index (κ3) is 4.85. The van der Waals surface area contributed by atoms with E-state index in [1.54, 1.807) is 21.3 Å². The highest BCUT2D eigenvalue weighted by Crippen LogP contribution is 2.59. The first kappa shape index (κ1) is 24.6. The van der Waals surface area contributed by atoms with Crippen LogP contribution in [-0.4, -0.2) is 21.3 Å². The van der Waals surface area contributed by atoms with Crippen molar-refractivity contribution in [3.63, 3.8) is 0 Å². The predicted molar refractivity (Wildman–Crippen MR) is 135 cm³/mol. The van der Waals surface area contributed by atoms with Crippen molar-refractivity contribution in [3.05, 3.63) is 109 Å².